The predicted molar refractivity (Wildman–Crippen MR) is 103 cm³/mol. The van der Waals surface area contributed by atoms with Gasteiger partial charge in [-0.15, -0.1) is 0 Å². The van der Waals surface area contributed by atoms with E-state index in [1.165, 1.54) is 30.3 Å². The summed E-state index contributed by atoms with van der Waals surface area (Å²) in [6.45, 7) is 2.14. The maximum absolute atomic E-state index is 13.1. The largest absolute Gasteiger partial charge is 0.490 e. The lowest BCUT2D eigenvalue weighted by Crippen LogP contribution is -2.34. The second-order valence-corrected chi connectivity index (χ2v) is 6.32. The lowest BCUT2D eigenvalue weighted by atomic mass is 10.2. The third-order valence-corrected chi connectivity index (χ3v) is 3.93. The molecule has 0 heterocycles. The van der Waals surface area contributed by atoms with Crippen molar-refractivity contribution in [2.75, 3.05) is 6.61 Å². The minimum absolute atomic E-state index is 0.0390. The van der Waals surface area contributed by atoms with Gasteiger partial charge in [0.25, 0.3) is 5.91 Å². The van der Waals surface area contributed by atoms with Gasteiger partial charge in [-0.1, -0.05) is 29.3 Å². The van der Waals surface area contributed by atoms with Gasteiger partial charge in [-0.3, -0.25) is 10.1 Å². The van der Waals surface area contributed by atoms with E-state index in [0.717, 1.165) is 0 Å². The van der Waals surface area contributed by atoms with Gasteiger partial charge >= 0.3 is 0 Å². The fourth-order valence-electron chi connectivity index (χ4n) is 2.07. The predicted octanol–water partition coefficient (Wildman–Crippen LogP) is 4.08. The topological polar surface area (TPSA) is 73.6 Å². The van der Waals surface area contributed by atoms with E-state index in [0.29, 0.717) is 12.2 Å². The molecule has 0 saturated heterocycles. The van der Waals surface area contributed by atoms with Crippen molar-refractivity contribution in [1.29, 1.82) is 0 Å². The number of amides is 1. The summed E-state index contributed by atoms with van der Waals surface area (Å²) in [5.41, 5.74) is 6.08. The fourth-order valence-corrected chi connectivity index (χ4v) is 2.65. The summed E-state index contributed by atoms with van der Waals surface area (Å²) >= 11 is 16.9. The Morgan fingerprint density at radius 2 is 1.96 bits per heavy atom. The van der Waals surface area contributed by atoms with Crippen molar-refractivity contribution in [2.45, 2.75) is 13.5 Å². The molecule has 0 aliphatic rings. The smallest absolute Gasteiger partial charge is 0.257 e. The Bertz CT molecular complexity index is 849. The number of carbonyl (C=O) groups excluding carboxylic acids is 1. The highest BCUT2D eigenvalue weighted by atomic mass is 35.5. The van der Waals surface area contributed by atoms with Gasteiger partial charge in [0, 0.05) is 11.1 Å². The van der Waals surface area contributed by atoms with Crippen LogP contribution < -0.4 is 20.5 Å². The van der Waals surface area contributed by atoms with E-state index >= 15 is 0 Å². The first-order chi connectivity index (χ1) is 12.3. The molecule has 9 heteroatoms. The van der Waals surface area contributed by atoms with E-state index in [1.807, 2.05) is 0 Å². The van der Waals surface area contributed by atoms with Crippen molar-refractivity contribution in [3.8, 4) is 11.5 Å². The molecule has 0 unspecified atom stereocenters. The molecule has 0 radical (unpaired) electrons. The zero-order chi connectivity index (χ0) is 19.3. The minimum atomic E-state index is -0.520. The average molecular weight is 417 g/mol. The molecule has 2 rings (SSSR count). The van der Waals surface area contributed by atoms with Crippen LogP contribution in [0.25, 0.3) is 0 Å². The number of hydrogen-bond donors (Lipinski definition) is 2. The van der Waals surface area contributed by atoms with Crippen LogP contribution in [-0.2, 0) is 6.61 Å². The van der Waals surface area contributed by atoms with Gasteiger partial charge in [0.05, 0.1) is 16.7 Å². The number of ether oxygens (including phenoxy) is 2. The molecule has 2 aromatic carbocycles. The Kier molecular flexibility index (Phi) is 7.02. The number of hydrogen-bond acceptors (Lipinski definition) is 4. The van der Waals surface area contributed by atoms with Crippen molar-refractivity contribution in [3.63, 3.8) is 0 Å². The standard InChI is InChI=1S/C17H15Cl2FN2O3S/c1-2-24-14-6-10(16(23)22-17(21)26)5-13(19)15(14)25-8-9-3-4-11(20)7-12(9)18/h3-7H,2,8H2,1H3,(H3,21,22,23,26). The molecule has 1 amide bonds. The molecule has 0 spiro atoms. The van der Waals surface area contributed by atoms with Crippen molar-refractivity contribution >= 4 is 46.4 Å². The van der Waals surface area contributed by atoms with Crippen LogP contribution in [0, 0.1) is 5.82 Å². The van der Waals surface area contributed by atoms with Gasteiger partial charge in [-0.05, 0) is 43.4 Å². The van der Waals surface area contributed by atoms with E-state index in [2.05, 4.69) is 17.5 Å². The SMILES string of the molecule is CCOc1cc(C(=O)NC(N)=S)cc(Cl)c1OCc1ccc(F)cc1Cl. The summed E-state index contributed by atoms with van der Waals surface area (Å²) in [6, 6.07) is 6.84. The molecule has 0 aromatic heterocycles. The molecule has 0 saturated carbocycles. The first kappa shape index (κ1) is 20.2. The van der Waals surface area contributed by atoms with Crippen LogP contribution in [0.1, 0.15) is 22.8 Å². The van der Waals surface area contributed by atoms with Crippen LogP contribution in [0.5, 0.6) is 11.5 Å². The number of rotatable bonds is 6. The van der Waals surface area contributed by atoms with Crippen LogP contribution in [0.2, 0.25) is 10.0 Å². The zero-order valence-electron chi connectivity index (χ0n) is 13.6. The minimum Gasteiger partial charge on any atom is -0.490 e. The Morgan fingerprint density at radius 1 is 1.23 bits per heavy atom. The Hall–Kier alpha value is -2.09. The van der Waals surface area contributed by atoms with Crippen LogP contribution >= 0.6 is 35.4 Å². The number of halogens is 3. The van der Waals surface area contributed by atoms with Crippen molar-refractivity contribution < 1.29 is 18.7 Å². The third-order valence-electron chi connectivity index (χ3n) is 3.20. The van der Waals surface area contributed by atoms with Crippen LogP contribution in [0.15, 0.2) is 30.3 Å². The second kappa shape index (κ2) is 9.02. The van der Waals surface area contributed by atoms with Gasteiger partial charge in [0.1, 0.15) is 12.4 Å². The van der Waals surface area contributed by atoms with E-state index in [1.54, 1.807) is 6.92 Å². The van der Waals surface area contributed by atoms with E-state index in [-0.39, 0.29) is 38.8 Å². The average Bonchev–Trinajstić information content (AvgIpc) is 2.55. The van der Waals surface area contributed by atoms with Gasteiger partial charge in [0.2, 0.25) is 0 Å². The highest BCUT2D eigenvalue weighted by Gasteiger charge is 2.17. The van der Waals surface area contributed by atoms with E-state index in [9.17, 15) is 9.18 Å². The van der Waals surface area contributed by atoms with Crippen molar-refractivity contribution in [3.05, 3.63) is 57.3 Å². The third kappa shape index (κ3) is 5.20. The first-order valence-electron chi connectivity index (χ1n) is 7.45. The van der Waals surface area contributed by atoms with Crippen LogP contribution in [0.4, 0.5) is 4.39 Å². The number of carbonyl (C=O) groups is 1. The monoisotopic (exact) mass is 416 g/mol. The maximum Gasteiger partial charge on any atom is 0.257 e. The maximum atomic E-state index is 13.1. The summed E-state index contributed by atoms with van der Waals surface area (Å²) in [7, 11) is 0. The Labute approximate surface area is 165 Å². The quantitative estimate of drug-likeness (QED) is 0.693. The lowest BCUT2D eigenvalue weighted by molar-refractivity contribution is 0.0977. The Balaban J connectivity index is 2.29. The second-order valence-electron chi connectivity index (χ2n) is 5.06. The number of benzene rings is 2. The number of thiocarbonyl (C=S) groups is 1. The molecule has 0 fully saturated rings. The highest BCUT2D eigenvalue weighted by molar-refractivity contribution is 7.80. The van der Waals surface area contributed by atoms with E-state index in [4.69, 9.17) is 38.4 Å². The molecule has 26 heavy (non-hydrogen) atoms. The van der Waals surface area contributed by atoms with Gasteiger partial charge < -0.3 is 15.2 Å². The summed E-state index contributed by atoms with van der Waals surface area (Å²) in [6.07, 6.45) is 0. The molecule has 3 N–H and O–H groups in total. The summed E-state index contributed by atoms with van der Waals surface area (Å²) in [5, 5.41) is 2.53. The Morgan fingerprint density at radius 3 is 2.58 bits per heavy atom. The molecule has 138 valence electrons. The normalized spacial score (nSPS) is 10.3. The molecule has 0 atom stereocenters. The lowest BCUT2D eigenvalue weighted by Gasteiger charge is -2.15. The highest BCUT2D eigenvalue weighted by Crippen LogP contribution is 2.37. The van der Waals surface area contributed by atoms with Gasteiger partial charge in [0.15, 0.2) is 16.6 Å². The van der Waals surface area contributed by atoms with Crippen LogP contribution in [0.3, 0.4) is 0 Å². The molecular weight excluding hydrogens is 402 g/mol. The van der Waals surface area contributed by atoms with Crippen molar-refractivity contribution in [2.24, 2.45) is 5.73 Å². The summed E-state index contributed by atoms with van der Waals surface area (Å²) in [5.74, 6) is -0.458. The zero-order valence-corrected chi connectivity index (χ0v) is 16.0. The number of nitrogens with two attached hydrogens (primary N) is 1. The molecule has 0 aliphatic carbocycles. The molecule has 0 bridgehead atoms. The fraction of sp³-hybridized carbons (Fsp3) is 0.176. The molecular formula is C17H15Cl2FN2O3S. The summed E-state index contributed by atoms with van der Waals surface area (Å²) in [4.78, 5) is 12.0. The van der Waals surface area contributed by atoms with Gasteiger partial charge in [-0.25, -0.2) is 4.39 Å². The summed E-state index contributed by atoms with van der Waals surface area (Å²) < 4.78 is 24.3. The molecule has 0 aliphatic heterocycles. The van der Waals surface area contributed by atoms with Crippen molar-refractivity contribution in [1.82, 2.24) is 5.32 Å². The van der Waals surface area contributed by atoms with Crippen LogP contribution in [-0.4, -0.2) is 17.6 Å². The first-order valence-corrected chi connectivity index (χ1v) is 8.62. The number of nitrogens with one attached hydrogen (secondary N) is 1. The van der Waals surface area contributed by atoms with Gasteiger partial charge in [-0.2, -0.15) is 0 Å². The molecule has 5 nitrogen and oxygen atoms in total. The molecule has 2 aromatic rings. The van der Waals surface area contributed by atoms with E-state index < -0.39 is 11.7 Å².